The minimum absolute atomic E-state index is 0.0855. The zero-order valence-corrected chi connectivity index (χ0v) is 14.7. The van der Waals surface area contributed by atoms with Gasteiger partial charge in [-0.05, 0) is 11.6 Å². The summed E-state index contributed by atoms with van der Waals surface area (Å²) < 4.78 is 5.49. The van der Waals surface area contributed by atoms with Gasteiger partial charge in [0.2, 0.25) is 5.78 Å². The van der Waals surface area contributed by atoms with Crippen molar-refractivity contribution in [3.63, 3.8) is 0 Å². The minimum Gasteiger partial charge on any atom is -0.378 e. The van der Waals surface area contributed by atoms with Crippen LogP contribution in [-0.4, -0.2) is 32.1 Å². The topological polar surface area (TPSA) is 29.5 Å². The molecule has 1 fully saturated rings. The Hall–Kier alpha value is -2.43. The van der Waals surface area contributed by atoms with Crippen molar-refractivity contribution in [3.05, 3.63) is 77.2 Å². The number of benzene rings is 2. The molecular weight excluding hydrogens is 330 g/mol. The molecule has 0 N–H and O–H groups in total. The maximum Gasteiger partial charge on any atom is 0.203 e. The second-order valence-electron chi connectivity index (χ2n) is 5.99. The van der Waals surface area contributed by atoms with Gasteiger partial charge in [-0.2, -0.15) is 0 Å². The number of anilines is 1. The molecule has 0 spiro atoms. The van der Waals surface area contributed by atoms with Crippen molar-refractivity contribution in [2.45, 2.75) is 0 Å². The normalized spacial score (nSPS) is 14.5. The molecule has 3 nitrogen and oxygen atoms in total. The quantitative estimate of drug-likeness (QED) is 0.650. The number of ketones is 1. The predicted molar refractivity (Wildman–Crippen MR) is 103 cm³/mol. The van der Waals surface area contributed by atoms with E-state index in [1.54, 1.807) is 11.3 Å². The van der Waals surface area contributed by atoms with Gasteiger partial charge >= 0.3 is 0 Å². The first-order valence-corrected chi connectivity index (χ1v) is 9.26. The van der Waals surface area contributed by atoms with E-state index >= 15 is 0 Å². The van der Waals surface area contributed by atoms with E-state index < -0.39 is 0 Å². The average molecular weight is 349 g/mol. The lowest BCUT2D eigenvalue weighted by Gasteiger charge is -2.28. The summed E-state index contributed by atoms with van der Waals surface area (Å²) in [4.78, 5) is 16.0. The number of carbonyl (C=O) groups is 1. The molecule has 0 unspecified atom stereocenters. The van der Waals surface area contributed by atoms with Crippen molar-refractivity contribution in [2.24, 2.45) is 0 Å². The third-order valence-electron chi connectivity index (χ3n) is 4.36. The van der Waals surface area contributed by atoms with Crippen molar-refractivity contribution in [1.29, 1.82) is 0 Å². The van der Waals surface area contributed by atoms with Gasteiger partial charge < -0.3 is 9.64 Å². The van der Waals surface area contributed by atoms with E-state index in [9.17, 15) is 4.79 Å². The maximum atomic E-state index is 12.9. The van der Waals surface area contributed by atoms with Crippen LogP contribution in [0.4, 0.5) is 5.00 Å². The highest BCUT2D eigenvalue weighted by Crippen LogP contribution is 2.40. The molecule has 1 saturated heterocycles. The number of carbonyl (C=O) groups excluding carboxylic acids is 1. The fourth-order valence-corrected chi connectivity index (χ4v) is 4.25. The van der Waals surface area contributed by atoms with Crippen molar-refractivity contribution in [2.75, 3.05) is 31.2 Å². The van der Waals surface area contributed by atoms with Gasteiger partial charge in [0.25, 0.3) is 0 Å². The van der Waals surface area contributed by atoms with Gasteiger partial charge in [-0.3, -0.25) is 4.79 Å². The van der Waals surface area contributed by atoms with Gasteiger partial charge in [0.05, 0.1) is 23.1 Å². The Morgan fingerprint density at radius 1 is 0.920 bits per heavy atom. The lowest BCUT2D eigenvalue weighted by Crippen LogP contribution is -2.35. The number of ether oxygens (including phenoxy) is 1. The van der Waals surface area contributed by atoms with E-state index in [2.05, 4.69) is 17.0 Å². The average Bonchev–Trinajstić information content (AvgIpc) is 3.15. The van der Waals surface area contributed by atoms with Gasteiger partial charge in [0, 0.05) is 24.2 Å². The lowest BCUT2D eigenvalue weighted by atomic mass is 10.1. The largest absolute Gasteiger partial charge is 0.378 e. The van der Waals surface area contributed by atoms with Crippen LogP contribution in [0.3, 0.4) is 0 Å². The lowest BCUT2D eigenvalue weighted by molar-refractivity contribution is 0.104. The SMILES string of the molecule is O=C(c1ccccc1)c1cc(-c2ccccc2)c(N2CCOCC2)s1. The molecule has 2 aromatic carbocycles. The summed E-state index contributed by atoms with van der Waals surface area (Å²) in [6.07, 6.45) is 0. The number of morpholine rings is 1. The third-order valence-corrected chi connectivity index (χ3v) is 5.55. The number of hydrogen-bond acceptors (Lipinski definition) is 4. The molecule has 0 amide bonds. The van der Waals surface area contributed by atoms with Crippen molar-refractivity contribution in [1.82, 2.24) is 0 Å². The van der Waals surface area contributed by atoms with Crippen LogP contribution in [0.1, 0.15) is 15.2 Å². The van der Waals surface area contributed by atoms with Crippen LogP contribution < -0.4 is 4.90 Å². The highest BCUT2D eigenvalue weighted by Gasteiger charge is 2.22. The highest BCUT2D eigenvalue weighted by atomic mass is 32.1. The van der Waals surface area contributed by atoms with Crippen LogP contribution in [0.5, 0.6) is 0 Å². The molecule has 126 valence electrons. The number of thiophene rings is 1. The fraction of sp³-hybridized carbons (Fsp3) is 0.190. The summed E-state index contributed by atoms with van der Waals surface area (Å²) >= 11 is 1.58. The monoisotopic (exact) mass is 349 g/mol. The summed E-state index contributed by atoms with van der Waals surface area (Å²) in [5.74, 6) is 0.0855. The van der Waals surface area contributed by atoms with Gasteiger partial charge in [0.1, 0.15) is 0 Å². The summed E-state index contributed by atoms with van der Waals surface area (Å²) in [6.45, 7) is 3.18. The van der Waals surface area contributed by atoms with Gasteiger partial charge in [0.15, 0.2) is 0 Å². The van der Waals surface area contributed by atoms with Crippen LogP contribution in [0, 0.1) is 0 Å². The van der Waals surface area contributed by atoms with Crippen LogP contribution in [0.25, 0.3) is 11.1 Å². The summed E-state index contributed by atoms with van der Waals surface area (Å²) in [5.41, 5.74) is 3.01. The molecule has 4 heteroatoms. The first-order valence-electron chi connectivity index (χ1n) is 8.44. The first-order chi connectivity index (χ1) is 12.3. The second-order valence-corrected chi connectivity index (χ2v) is 7.02. The molecule has 0 saturated carbocycles. The van der Waals surface area contributed by atoms with Gasteiger partial charge in [-0.15, -0.1) is 11.3 Å². The Bertz CT molecular complexity index is 852. The maximum absolute atomic E-state index is 12.9. The molecular formula is C21H19NO2S. The smallest absolute Gasteiger partial charge is 0.203 e. The predicted octanol–water partition coefficient (Wildman–Crippen LogP) is 4.48. The minimum atomic E-state index is 0.0855. The molecule has 1 aliphatic heterocycles. The van der Waals surface area contributed by atoms with E-state index in [0.717, 1.165) is 52.9 Å². The van der Waals surface area contributed by atoms with Crippen molar-refractivity contribution < 1.29 is 9.53 Å². The fourth-order valence-electron chi connectivity index (χ4n) is 3.05. The molecule has 1 aromatic heterocycles. The number of rotatable bonds is 4. The van der Waals surface area contributed by atoms with Crippen LogP contribution in [-0.2, 0) is 4.74 Å². The van der Waals surface area contributed by atoms with E-state index in [1.165, 1.54) is 0 Å². The Balaban J connectivity index is 1.76. The van der Waals surface area contributed by atoms with Gasteiger partial charge in [-0.1, -0.05) is 60.7 Å². The third kappa shape index (κ3) is 3.36. The molecule has 0 atom stereocenters. The number of hydrogen-bond donors (Lipinski definition) is 0. The Kier molecular flexibility index (Phi) is 4.63. The summed E-state index contributed by atoms with van der Waals surface area (Å²) in [6, 6.07) is 21.8. The van der Waals surface area contributed by atoms with E-state index in [1.807, 2.05) is 54.6 Å². The summed E-state index contributed by atoms with van der Waals surface area (Å²) in [7, 11) is 0. The van der Waals surface area contributed by atoms with E-state index in [0.29, 0.717) is 0 Å². The molecule has 0 radical (unpaired) electrons. The molecule has 25 heavy (non-hydrogen) atoms. The van der Waals surface area contributed by atoms with Gasteiger partial charge in [-0.25, -0.2) is 0 Å². The van der Waals surface area contributed by atoms with E-state index in [-0.39, 0.29) is 5.78 Å². The molecule has 1 aliphatic rings. The van der Waals surface area contributed by atoms with Crippen LogP contribution in [0.2, 0.25) is 0 Å². The zero-order chi connectivity index (χ0) is 17.1. The van der Waals surface area contributed by atoms with E-state index in [4.69, 9.17) is 4.74 Å². The molecule has 2 heterocycles. The first kappa shape index (κ1) is 16.1. The van der Waals surface area contributed by atoms with Crippen molar-refractivity contribution in [3.8, 4) is 11.1 Å². The van der Waals surface area contributed by atoms with Crippen molar-refractivity contribution >= 4 is 22.1 Å². The number of nitrogens with zero attached hydrogens (tertiary/aromatic N) is 1. The Morgan fingerprint density at radius 3 is 2.24 bits per heavy atom. The van der Waals surface area contributed by atoms with Crippen LogP contribution in [0.15, 0.2) is 66.7 Å². The molecule has 4 rings (SSSR count). The van der Waals surface area contributed by atoms with Crippen LogP contribution >= 0.6 is 11.3 Å². The molecule has 3 aromatic rings. The standard InChI is InChI=1S/C21H19NO2S/c23-20(17-9-5-2-6-10-17)19-15-18(16-7-3-1-4-8-16)21(25-19)22-11-13-24-14-12-22/h1-10,15H,11-14H2. The molecule has 0 bridgehead atoms. The highest BCUT2D eigenvalue weighted by molar-refractivity contribution is 7.18. The Labute approximate surface area is 151 Å². The summed E-state index contributed by atoms with van der Waals surface area (Å²) in [5, 5.41) is 1.16. The molecule has 0 aliphatic carbocycles. The second kappa shape index (κ2) is 7.21. The zero-order valence-electron chi connectivity index (χ0n) is 13.9. The Morgan fingerprint density at radius 2 is 1.56 bits per heavy atom.